The highest BCUT2D eigenvalue weighted by Crippen LogP contribution is 2.26. The summed E-state index contributed by atoms with van der Waals surface area (Å²) in [5.41, 5.74) is 0. The van der Waals surface area contributed by atoms with Gasteiger partial charge in [0.2, 0.25) is 15.8 Å². The number of sulfonamides is 1. The quantitative estimate of drug-likeness (QED) is 0.799. The second-order valence-corrected chi connectivity index (χ2v) is 7.61. The molecule has 0 unspecified atom stereocenters. The van der Waals surface area contributed by atoms with E-state index in [1.165, 1.54) is 0 Å². The van der Waals surface area contributed by atoms with E-state index in [0.717, 1.165) is 32.0 Å². The van der Waals surface area contributed by atoms with E-state index in [9.17, 15) is 13.2 Å². The fraction of sp³-hybridized carbons (Fsp3) is 0.583. The molecule has 0 aromatic carbocycles. The van der Waals surface area contributed by atoms with Gasteiger partial charge in [0.05, 0.1) is 0 Å². The first-order valence-corrected chi connectivity index (χ1v) is 8.78. The van der Waals surface area contributed by atoms with Crippen molar-refractivity contribution in [2.75, 3.05) is 26.7 Å². The maximum atomic E-state index is 12.2. The normalized spacial score (nSPS) is 18.0. The van der Waals surface area contributed by atoms with Crippen LogP contribution in [0.3, 0.4) is 0 Å². The van der Waals surface area contributed by atoms with Crippen molar-refractivity contribution in [3.05, 3.63) is 16.5 Å². The van der Waals surface area contributed by atoms with Gasteiger partial charge in [0, 0.05) is 12.6 Å². The molecular formula is C12H17BrN2O5S. The number of rotatable bonds is 5. The van der Waals surface area contributed by atoms with E-state index in [1.54, 1.807) is 0 Å². The number of furan rings is 1. The number of carboxylic acids is 1. The van der Waals surface area contributed by atoms with Gasteiger partial charge in [0.1, 0.15) is 4.90 Å². The number of aromatic carboxylic acids is 1. The highest BCUT2D eigenvalue weighted by molar-refractivity contribution is 9.10. The van der Waals surface area contributed by atoms with Crippen LogP contribution in [0.5, 0.6) is 0 Å². The lowest BCUT2D eigenvalue weighted by Gasteiger charge is -2.28. The SMILES string of the molecule is CN1CCC(CNS(=O)(=O)c2cc(C(=O)O)oc2Br)CC1. The Morgan fingerprint density at radius 3 is 2.67 bits per heavy atom. The molecule has 0 radical (unpaired) electrons. The zero-order valence-electron chi connectivity index (χ0n) is 11.5. The zero-order chi connectivity index (χ0) is 15.6. The first kappa shape index (κ1) is 16.5. The Morgan fingerprint density at radius 1 is 1.52 bits per heavy atom. The van der Waals surface area contributed by atoms with Crippen LogP contribution < -0.4 is 4.72 Å². The lowest BCUT2D eigenvalue weighted by atomic mass is 9.98. The van der Waals surface area contributed by atoms with Crippen molar-refractivity contribution in [3.8, 4) is 0 Å². The van der Waals surface area contributed by atoms with E-state index in [4.69, 9.17) is 9.52 Å². The summed E-state index contributed by atoms with van der Waals surface area (Å²) in [4.78, 5) is 12.8. The topological polar surface area (TPSA) is 99.9 Å². The van der Waals surface area contributed by atoms with Crippen molar-refractivity contribution < 1.29 is 22.7 Å². The highest BCUT2D eigenvalue weighted by atomic mass is 79.9. The molecule has 1 aromatic heterocycles. The molecule has 1 aliphatic heterocycles. The molecule has 2 rings (SSSR count). The second kappa shape index (κ2) is 6.47. The summed E-state index contributed by atoms with van der Waals surface area (Å²) >= 11 is 2.94. The molecule has 21 heavy (non-hydrogen) atoms. The van der Waals surface area contributed by atoms with E-state index in [1.807, 2.05) is 7.05 Å². The third-order valence-corrected chi connectivity index (χ3v) is 5.84. The maximum absolute atomic E-state index is 12.2. The Kier molecular flexibility index (Phi) is 5.07. The lowest BCUT2D eigenvalue weighted by Crippen LogP contribution is -2.36. The van der Waals surface area contributed by atoms with Crippen LogP contribution in [0.4, 0.5) is 0 Å². The highest BCUT2D eigenvalue weighted by Gasteiger charge is 2.26. The standard InChI is InChI=1S/C12H17BrN2O5S/c1-15-4-2-8(3-5-15)7-14-21(18,19)10-6-9(12(16)17)20-11(10)13/h6,8,14H,2-5,7H2,1H3,(H,16,17). The van der Waals surface area contributed by atoms with Crippen LogP contribution in [0.2, 0.25) is 0 Å². The first-order chi connectivity index (χ1) is 9.79. The van der Waals surface area contributed by atoms with Crippen LogP contribution in [0, 0.1) is 5.92 Å². The molecule has 0 spiro atoms. The van der Waals surface area contributed by atoms with Gasteiger partial charge in [0.25, 0.3) is 0 Å². The van der Waals surface area contributed by atoms with Gasteiger partial charge in [-0.15, -0.1) is 0 Å². The lowest BCUT2D eigenvalue weighted by molar-refractivity contribution is 0.0661. The molecule has 0 aliphatic carbocycles. The number of likely N-dealkylation sites (tertiary alicyclic amines) is 1. The fourth-order valence-corrected chi connectivity index (χ4v) is 4.27. The van der Waals surface area contributed by atoms with Gasteiger partial charge in [-0.3, -0.25) is 0 Å². The van der Waals surface area contributed by atoms with Crippen molar-refractivity contribution in [2.24, 2.45) is 5.92 Å². The molecule has 1 fully saturated rings. The zero-order valence-corrected chi connectivity index (χ0v) is 13.9. The Bertz CT molecular complexity index is 620. The van der Waals surface area contributed by atoms with E-state index in [0.29, 0.717) is 12.5 Å². The van der Waals surface area contributed by atoms with E-state index >= 15 is 0 Å². The summed E-state index contributed by atoms with van der Waals surface area (Å²) in [5, 5.41) is 8.81. The Balaban J connectivity index is 2.03. The number of hydrogen-bond donors (Lipinski definition) is 2. The third kappa shape index (κ3) is 4.06. The number of nitrogens with one attached hydrogen (secondary N) is 1. The number of carboxylic acid groups (broad SMARTS) is 1. The van der Waals surface area contributed by atoms with E-state index < -0.39 is 21.8 Å². The number of carbonyl (C=O) groups is 1. The molecule has 2 N–H and O–H groups in total. The molecule has 9 heteroatoms. The molecule has 0 amide bonds. The Morgan fingerprint density at radius 2 is 2.14 bits per heavy atom. The van der Waals surface area contributed by atoms with Gasteiger partial charge in [-0.2, -0.15) is 0 Å². The molecule has 1 aliphatic rings. The van der Waals surface area contributed by atoms with Crippen LogP contribution in [-0.4, -0.2) is 51.1 Å². The second-order valence-electron chi connectivity index (χ2n) is 5.15. The van der Waals surface area contributed by atoms with Crippen LogP contribution in [0.25, 0.3) is 0 Å². The van der Waals surface area contributed by atoms with Crippen LogP contribution in [-0.2, 0) is 10.0 Å². The monoisotopic (exact) mass is 380 g/mol. The summed E-state index contributed by atoms with van der Waals surface area (Å²) in [6.45, 7) is 2.24. The fourth-order valence-electron chi connectivity index (χ4n) is 2.21. The van der Waals surface area contributed by atoms with Gasteiger partial charge < -0.3 is 14.4 Å². The molecule has 1 aromatic rings. The predicted octanol–water partition coefficient (Wildman–Crippen LogP) is 1.36. The summed E-state index contributed by atoms with van der Waals surface area (Å²) in [6, 6.07) is 1.00. The smallest absolute Gasteiger partial charge is 0.371 e. The van der Waals surface area contributed by atoms with Crippen LogP contribution in [0.1, 0.15) is 23.4 Å². The molecule has 2 heterocycles. The summed E-state index contributed by atoms with van der Waals surface area (Å²) in [5.74, 6) is -1.44. The first-order valence-electron chi connectivity index (χ1n) is 6.50. The molecule has 0 bridgehead atoms. The van der Waals surface area contributed by atoms with E-state index in [2.05, 4.69) is 25.6 Å². The minimum atomic E-state index is -3.78. The molecule has 7 nitrogen and oxygen atoms in total. The molecular weight excluding hydrogens is 364 g/mol. The summed E-state index contributed by atoms with van der Waals surface area (Å²) in [7, 11) is -1.75. The van der Waals surface area contributed by atoms with Crippen molar-refractivity contribution in [2.45, 2.75) is 17.7 Å². The number of hydrogen-bond acceptors (Lipinski definition) is 5. The largest absolute Gasteiger partial charge is 0.475 e. The summed E-state index contributed by atoms with van der Waals surface area (Å²) in [6.07, 6.45) is 1.87. The predicted molar refractivity (Wildman–Crippen MR) is 78.8 cm³/mol. The summed E-state index contributed by atoms with van der Waals surface area (Å²) < 4.78 is 31.7. The molecule has 1 saturated heterocycles. The minimum absolute atomic E-state index is 0.101. The van der Waals surface area contributed by atoms with E-state index in [-0.39, 0.29) is 9.56 Å². The van der Waals surface area contributed by atoms with Crippen LogP contribution in [0.15, 0.2) is 20.0 Å². The van der Waals surface area contributed by atoms with Crippen molar-refractivity contribution in [1.82, 2.24) is 9.62 Å². The number of nitrogens with zero attached hydrogens (tertiary/aromatic N) is 1. The van der Waals surface area contributed by atoms with Gasteiger partial charge in [-0.05, 0) is 54.8 Å². The van der Waals surface area contributed by atoms with Crippen LogP contribution >= 0.6 is 15.9 Å². The Hall–Kier alpha value is -0.900. The van der Waals surface area contributed by atoms with Gasteiger partial charge >= 0.3 is 5.97 Å². The van der Waals surface area contributed by atoms with Gasteiger partial charge in [-0.25, -0.2) is 17.9 Å². The Labute approximate surface area is 131 Å². The minimum Gasteiger partial charge on any atom is -0.475 e. The van der Waals surface area contributed by atoms with Crippen molar-refractivity contribution in [1.29, 1.82) is 0 Å². The third-order valence-electron chi connectivity index (χ3n) is 3.56. The van der Waals surface area contributed by atoms with Crippen molar-refractivity contribution in [3.63, 3.8) is 0 Å². The maximum Gasteiger partial charge on any atom is 0.371 e. The average Bonchev–Trinajstić information content (AvgIpc) is 2.81. The average molecular weight is 381 g/mol. The van der Waals surface area contributed by atoms with Gasteiger partial charge in [0.15, 0.2) is 4.67 Å². The molecule has 118 valence electrons. The molecule has 0 atom stereocenters. The molecule has 0 saturated carbocycles. The van der Waals surface area contributed by atoms with Crippen molar-refractivity contribution >= 4 is 31.9 Å². The number of halogens is 1. The van der Waals surface area contributed by atoms with Gasteiger partial charge in [-0.1, -0.05) is 0 Å². The number of piperidine rings is 1.